The molecule has 7 nitrogen and oxygen atoms in total. The summed E-state index contributed by atoms with van der Waals surface area (Å²) in [7, 11) is 0. The van der Waals surface area contributed by atoms with Crippen molar-refractivity contribution in [3.8, 4) is 5.75 Å². The normalized spacial score (nSPS) is 18.7. The van der Waals surface area contributed by atoms with Crippen LogP contribution in [0.25, 0.3) is 0 Å². The molecule has 2 rings (SSSR count). The summed E-state index contributed by atoms with van der Waals surface area (Å²) in [5.74, 6) is -0.984. The van der Waals surface area contributed by atoms with E-state index in [4.69, 9.17) is 9.47 Å². The molecule has 0 radical (unpaired) electrons. The molecule has 1 fully saturated rings. The van der Waals surface area contributed by atoms with Crippen molar-refractivity contribution in [2.75, 3.05) is 12.3 Å². The van der Waals surface area contributed by atoms with Gasteiger partial charge in [0.25, 0.3) is 0 Å². The zero-order valence-electron chi connectivity index (χ0n) is 15.1. The van der Waals surface area contributed by atoms with Gasteiger partial charge in [0.05, 0.1) is 6.42 Å². The zero-order chi connectivity index (χ0) is 19.9. The maximum Gasteiger partial charge on any atom is 0.344 e. The molecule has 0 aliphatic carbocycles. The van der Waals surface area contributed by atoms with Gasteiger partial charge in [0.1, 0.15) is 5.75 Å². The summed E-state index contributed by atoms with van der Waals surface area (Å²) in [5.41, 5.74) is 0. The Balaban J connectivity index is 1.99. The molecule has 9 heteroatoms. The summed E-state index contributed by atoms with van der Waals surface area (Å²) in [4.78, 5) is 46.1. The van der Waals surface area contributed by atoms with Crippen LogP contribution < -0.4 is 10.1 Å². The van der Waals surface area contributed by atoms with E-state index in [0.717, 1.165) is 23.1 Å². The van der Waals surface area contributed by atoms with Crippen LogP contribution in [-0.2, 0) is 23.9 Å². The van der Waals surface area contributed by atoms with E-state index in [1.807, 2.05) is 0 Å². The van der Waals surface area contributed by atoms with Crippen LogP contribution in [0.5, 0.6) is 5.75 Å². The fraction of sp³-hybridized carbons (Fsp3) is 0.444. The van der Waals surface area contributed by atoms with Gasteiger partial charge in [-0.1, -0.05) is 23.5 Å². The van der Waals surface area contributed by atoms with Crippen molar-refractivity contribution in [2.24, 2.45) is 0 Å². The van der Waals surface area contributed by atoms with E-state index in [0.29, 0.717) is 18.7 Å². The van der Waals surface area contributed by atoms with Gasteiger partial charge in [-0.25, -0.2) is 4.79 Å². The van der Waals surface area contributed by atoms with Crippen molar-refractivity contribution in [3.63, 3.8) is 0 Å². The largest absolute Gasteiger partial charge is 0.427 e. The van der Waals surface area contributed by atoms with E-state index in [1.54, 1.807) is 24.3 Å². The number of hydrogen-bond acceptors (Lipinski definition) is 9. The summed E-state index contributed by atoms with van der Waals surface area (Å²) in [6, 6.07) is 6.76. The fourth-order valence-corrected chi connectivity index (χ4v) is 4.25. The zero-order valence-corrected chi connectivity index (χ0v) is 16.7. The van der Waals surface area contributed by atoms with E-state index in [2.05, 4.69) is 5.32 Å². The molecular formula is C18H21NO6S2. The SMILES string of the molecule is CC(=O)Oc1ccc(S[C@@]2(C(=O)OC(=O)CCSC(C)=O)CCCN2)cc1. The lowest BCUT2D eigenvalue weighted by atomic mass is 10.2. The second-order valence-corrected chi connectivity index (χ2v) is 8.52. The van der Waals surface area contributed by atoms with Crippen LogP contribution in [0.4, 0.5) is 0 Å². The molecule has 1 aliphatic heterocycles. The van der Waals surface area contributed by atoms with Gasteiger partial charge in [0.2, 0.25) is 0 Å². The molecule has 1 heterocycles. The first kappa shape index (κ1) is 21.5. The average Bonchev–Trinajstić information content (AvgIpc) is 3.05. The highest BCUT2D eigenvalue weighted by molar-refractivity contribution is 8.13. The molecule has 1 aromatic rings. The molecule has 146 valence electrons. The van der Waals surface area contributed by atoms with E-state index in [1.165, 1.54) is 25.6 Å². The lowest BCUT2D eigenvalue weighted by Crippen LogP contribution is -2.46. The van der Waals surface area contributed by atoms with Crippen LogP contribution in [0.1, 0.15) is 33.1 Å². The maximum atomic E-state index is 12.6. The van der Waals surface area contributed by atoms with Gasteiger partial charge in [-0.05, 0) is 43.7 Å². The Morgan fingerprint density at radius 2 is 1.85 bits per heavy atom. The van der Waals surface area contributed by atoms with Gasteiger partial charge in [-0.15, -0.1) is 0 Å². The molecule has 27 heavy (non-hydrogen) atoms. The van der Waals surface area contributed by atoms with Crippen LogP contribution in [-0.4, -0.2) is 40.2 Å². The number of nitrogens with one attached hydrogen (secondary N) is 1. The third-order valence-electron chi connectivity index (χ3n) is 3.64. The third kappa shape index (κ3) is 6.67. The number of thioether (sulfide) groups is 2. The van der Waals surface area contributed by atoms with Crippen LogP contribution >= 0.6 is 23.5 Å². The first-order chi connectivity index (χ1) is 12.8. The van der Waals surface area contributed by atoms with Gasteiger partial charge in [-0.2, -0.15) is 0 Å². The minimum atomic E-state index is -1.04. The Kier molecular flexibility index (Phi) is 7.88. The fourth-order valence-electron chi connectivity index (χ4n) is 2.48. The molecule has 0 bridgehead atoms. The number of ether oxygens (including phenoxy) is 2. The predicted molar refractivity (Wildman–Crippen MR) is 102 cm³/mol. The van der Waals surface area contributed by atoms with Crippen LogP contribution in [0.2, 0.25) is 0 Å². The Morgan fingerprint density at radius 3 is 2.41 bits per heavy atom. The third-order valence-corrected chi connectivity index (χ3v) is 5.83. The molecule has 0 amide bonds. The molecule has 1 aliphatic rings. The van der Waals surface area contributed by atoms with Crippen molar-refractivity contribution in [2.45, 2.75) is 42.9 Å². The first-order valence-electron chi connectivity index (χ1n) is 8.42. The Labute approximate surface area is 165 Å². The first-order valence-corrected chi connectivity index (χ1v) is 10.2. The molecule has 1 N–H and O–H groups in total. The molecule has 0 saturated carbocycles. The van der Waals surface area contributed by atoms with Crippen molar-refractivity contribution >= 4 is 46.5 Å². The summed E-state index contributed by atoms with van der Waals surface area (Å²) in [6.45, 7) is 3.38. The number of carbonyl (C=O) groups excluding carboxylic acids is 4. The van der Waals surface area contributed by atoms with Crippen molar-refractivity contribution < 1.29 is 28.7 Å². The van der Waals surface area contributed by atoms with E-state index < -0.39 is 22.8 Å². The van der Waals surface area contributed by atoms with Crippen LogP contribution in [0.3, 0.4) is 0 Å². The van der Waals surface area contributed by atoms with Crippen molar-refractivity contribution in [1.29, 1.82) is 0 Å². The van der Waals surface area contributed by atoms with Crippen LogP contribution in [0, 0.1) is 0 Å². The molecule has 1 aromatic carbocycles. The quantitative estimate of drug-likeness (QED) is 0.412. The Morgan fingerprint density at radius 1 is 1.15 bits per heavy atom. The summed E-state index contributed by atoms with van der Waals surface area (Å²) in [5, 5.41) is 3.05. The van der Waals surface area contributed by atoms with Crippen LogP contribution in [0.15, 0.2) is 29.2 Å². The molecule has 0 spiro atoms. The number of benzene rings is 1. The predicted octanol–water partition coefficient (Wildman–Crippen LogP) is 2.52. The molecule has 1 saturated heterocycles. The van der Waals surface area contributed by atoms with Gasteiger partial charge < -0.3 is 9.47 Å². The van der Waals surface area contributed by atoms with E-state index in [-0.39, 0.29) is 17.3 Å². The maximum absolute atomic E-state index is 12.6. The summed E-state index contributed by atoms with van der Waals surface area (Å²) >= 11 is 2.29. The number of esters is 3. The lowest BCUT2D eigenvalue weighted by molar-refractivity contribution is -0.161. The number of carbonyl (C=O) groups is 4. The highest BCUT2D eigenvalue weighted by Crippen LogP contribution is 2.39. The minimum Gasteiger partial charge on any atom is -0.427 e. The number of hydrogen-bond donors (Lipinski definition) is 1. The lowest BCUT2D eigenvalue weighted by Gasteiger charge is -2.26. The van der Waals surface area contributed by atoms with Crippen molar-refractivity contribution in [1.82, 2.24) is 5.32 Å². The van der Waals surface area contributed by atoms with E-state index >= 15 is 0 Å². The minimum absolute atomic E-state index is 0.00614. The van der Waals surface area contributed by atoms with Crippen molar-refractivity contribution in [3.05, 3.63) is 24.3 Å². The second-order valence-electron chi connectivity index (χ2n) is 5.88. The smallest absolute Gasteiger partial charge is 0.344 e. The Hall–Kier alpha value is -1.84. The van der Waals surface area contributed by atoms with E-state index in [9.17, 15) is 19.2 Å². The highest BCUT2D eigenvalue weighted by Gasteiger charge is 2.44. The van der Waals surface area contributed by atoms with Gasteiger partial charge >= 0.3 is 17.9 Å². The Bertz CT molecular complexity index is 713. The molecule has 0 aromatic heterocycles. The summed E-state index contributed by atoms with van der Waals surface area (Å²) < 4.78 is 10.0. The topological polar surface area (TPSA) is 98.8 Å². The van der Waals surface area contributed by atoms with Gasteiger partial charge in [0.15, 0.2) is 9.99 Å². The standard InChI is InChI=1S/C18H21NO6S2/c1-12(20)24-14-4-6-15(7-5-14)27-18(9-3-10-19-18)17(23)25-16(22)8-11-26-13(2)21/h4-7,19H,3,8-11H2,1-2H3/t18-/m1/s1. The molecule has 1 atom stereocenters. The number of rotatable bonds is 7. The van der Waals surface area contributed by atoms with Gasteiger partial charge in [-0.3, -0.25) is 19.7 Å². The summed E-state index contributed by atoms with van der Waals surface area (Å²) in [6.07, 6.45) is 1.30. The molecular weight excluding hydrogens is 390 g/mol. The molecule has 0 unspecified atom stereocenters. The highest BCUT2D eigenvalue weighted by atomic mass is 32.2. The monoisotopic (exact) mass is 411 g/mol. The van der Waals surface area contributed by atoms with Gasteiger partial charge in [0, 0.05) is 24.5 Å². The average molecular weight is 412 g/mol. The second kappa shape index (κ2) is 9.91.